The predicted octanol–water partition coefficient (Wildman–Crippen LogP) is 3.74. The van der Waals surface area contributed by atoms with Crippen molar-refractivity contribution < 1.29 is 14.6 Å². The van der Waals surface area contributed by atoms with Gasteiger partial charge in [0.25, 0.3) is 0 Å². The van der Waals surface area contributed by atoms with Crippen LogP contribution in [0.4, 0.5) is 5.13 Å². The van der Waals surface area contributed by atoms with Gasteiger partial charge in [-0.1, -0.05) is 29.0 Å². The van der Waals surface area contributed by atoms with E-state index in [0.717, 1.165) is 53.3 Å². The van der Waals surface area contributed by atoms with E-state index in [0.29, 0.717) is 17.4 Å². The fourth-order valence-corrected chi connectivity index (χ4v) is 5.36. The molecule has 5 rings (SSSR count). The van der Waals surface area contributed by atoms with Gasteiger partial charge in [-0.25, -0.2) is 4.98 Å². The van der Waals surface area contributed by atoms with Crippen LogP contribution in [0.3, 0.4) is 0 Å². The molecule has 1 atom stereocenters. The highest BCUT2D eigenvalue weighted by atomic mass is 35.5. The molecule has 1 fully saturated rings. The first-order chi connectivity index (χ1) is 14.5. The number of rotatable bonds is 5. The zero-order valence-electron chi connectivity index (χ0n) is 16.5. The highest BCUT2D eigenvalue weighted by Gasteiger charge is 2.42. The molecule has 0 aliphatic carbocycles. The Labute approximate surface area is 184 Å². The van der Waals surface area contributed by atoms with Crippen LogP contribution in [-0.2, 0) is 6.42 Å². The van der Waals surface area contributed by atoms with Crippen molar-refractivity contribution in [2.24, 2.45) is 0 Å². The summed E-state index contributed by atoms with van der Waals surface area (Å²) in [5.41, 5.74) is 7.62. The van der Waals surface area contributed by atoms with Crippen LogP contribution in [-0.4, -0.2) is 52.9 Å². The van der Waals surface area contributed by atoms with E-state index in [1.165, 1.54) is 16.9 Å². The van der Waals surface area contributed by atoms with Gasteiger partial charge in [0.15, 0.2) is 5.13 Å². The molecule has 1 spiro atoms. The van der Waals surface area contributed by atoms with Crippen LogP contribution in [0.15, 0.2) is 36.4 Å². The van der Waals surface area contributed by atoms with Crippen molar-refractivity contribution >= 4 is 38.3 Å². The van der Waals surface area contributed by atoms with Crippen molar-refractivity contribution in [2.75, 3.05) is 32.0 Å². The number of benzene rings is 2. The number of nitrogen functional groups attached to an aromatic ring is 1. The van der Waals surface area contributed by atoms with E-state index < -0.39 is 6.10 Å². The second-order valence-corrected chi connectivity index (χ2v) is 9.63. The summed E-state index contributed by atoms with van der Waals surface area (Å²) in [7, 11) is 0. The van der Waals surface area contributed by atoms with Gasteiger partial charge in [0.05, 0.1) is 4.70 Å². The second-order valence-electron chi connectivity index (χ2n) is 8.13. The molecule has 0 radical (unpaired) electrons. The summed E-state index contributed by atoms with van der Waals surface area (Å²) in [5, 5.41) is 11.8. The van der Waals surface area contributed by atoms with Crippen molar-refractivity contribution in [3.05, 3.63) is 47.0 Å². The van der Waals surface area contributed by atoms with Crippen LogP contribution in [0.5, 0.6) is 11.5 Å². The quantitative estimate of drug-likeness (QED) is 0.622. The number of para-hydroxylation sites is 1. The molecule has 3 N–H and O–H groups in total. The van der Waals surface area contributed by atoms with E-state index in [1.54, 1.807) is 0 Å². The lowest BCUT2D eigenvalue weighted by Gasteiger charge is -2.39. The van der Waals surface area contributed by atoms with Crippen LogP contribution in [0, 0.1) is 0 Å². The first-order valence-electron chi connectivity index (χ1n) is 10.2. The third-order valence-electron chi connectivity index (χ3n) is 5.93. The van der Waals surface area contributed by atoms with Gasteiger partial charge >= 0.3 is 0 Å². The fourth-order valence-electron chi connectivity index (χ4n) is 4.42. The van der Waals surface area contributed by atoms with Crippen LogP contribution >= 0.6 is 22.9 Å². The Hall–Kier alpha value is -2.06. The third kappa shape index (κ3) is 3.95. The van der Waals surface area contributed by atoms with Gasteiger partial charge in [0, 0.05) is 43.9 Å². The number of β-amino-alcohol motifs (C(OH)–C–C–N with tert-alkyl or cyclic N) is 1. The molecule has 3 heterocycles. The summed E-state index contributed by atoms with van der Waals surface area (Å²) in [6.07, 6.45) is 2.20. The minimum atomic E-state index is -0.578. The molecule has 0 amide bonds. The number of nitrogens with zero attached hydrogens (tertiary/aromatic N) is 2. The van der Waals surface area contributed by atoms with E-state index in [4.69, 9.17) is 26.8 Å². The van der Waals surface area contributed by atoms with Gasteiger partial charge in [-0.05, 0) is 35.9 Å². The Morgan fingerprint density at radius 2 is 2.13 bits per heavy atom. The molecule has 2 aromatic carbocycles. The first kappa shape index (κ1) is 19.9. The number of thiazole rings is 1. The number of hydrogen-bond donors (Lipinski definition) is 2. The predicted molar refractivity (Wildman–Crippen MR) is 120 cm³/mol. The highest BCUT2D eigenvalue weighted by Crippen LogP contribution is 2.42. The average molecular weight is 446 g/mol. The molecule has 2 aliphatic rings. The topological polar surface area (TPSA) is 80.8 Å². The third-order valence-corrected chi connectivity index (χ3v) is 7.01. The Bertz CT molecular complexity index is 1060. The average Bonchev–Trinajstić information content (AvgIpc) is 3.27. The molecule has 8 heteroatoms. The summed E-state index contributed by atoms with van der Waals surface area (Å²) in [5.74, 6) is 1.62. The first-order valence-corrected chi connectivity index (χ1v) is 11.3. The number of fused-ring (bicyclic) bond motifs is 2. The van der Waals surface area contributed by atoms with Crippen molar-refractivity contribution in [3.63, 3.8) is 0 Å². The number of piperidine rings is 1. The Kier molecular flexibility index (Phi) is 5.23. The van der Waals surface area contributed by atoms with E-state index in [9.17, 15) is 5.11 Å². The molecular weight excluding hydrogens is 422 g/mol. The van der Waals surface area contributed by atoms with Crippen molar-refractivity contribution in [1.82, 2.24) is 9.88 Å². The van der Waals surface area contributed by atoms with Gasteiger partial charge in [0.1, 0.15) is 35.3 Å². The maximum Gasteiger partial charge on any atom is 0.181 e. The number of nitrogens with two attached hydrogens (primary N) is 1. The minimum Gasteiger partial charge on any atom is -0.489 e. The van der Waals surface area contributed by atoms with E-state index >= 15 is 0 Å². The van der Waals surface area contributed by atoms with Crippen LogP contribution < -0.4 is 15.2 Å². The molecule has 0 bridgehead atoms. The lowest BCUT2D eigenvalue weighted by Crippen LogP contribution is -2.49. The molecular formula is C22H24ClN3O3S. The number of aliphatic hydroxyl groups excluding tert-OH is 1. The minimum absolute atomic E-state index is 0.134. The van der Waals surface area contributed by atoms with Gasteiger partial charge in [0.2, 0.25) is 0 Å². The number of hydrogen-bond acceptors (Lipinski definition) is 7. The second kappa shape index (κ2) is 7.89. The Balaban J connectivity index is 1.13. The molecule has 3 aromatic rings. The summed E-state index contributed by atoms with van der Waals surface area (Å²) < 4.78 is 13.1. The molecule has 2 aliphatic heterocycles. The fraction of sp³-hybridized carbons (Fsp3) is 0.409. The number of likely N-dealkylation sites (tertiary alicyclic amines) is 1. The number of ether oxygens (including phenoxy) is 2. The van der Waals surface area contributed by atoms with Crippen LogP contribution in [0.1, 0.15) is 18.4 Å². The normalized spacial score (nSPS) is 19.0. The molecule has 0 unspecified atom stereocenters. The monoisotopic (exact) mass is 445 g/mol. The molecule has 6 nitrogen and oxygen atoms in total. The zero-order valence-corrected chi connectivity index (χ0v) is 18.1. The van der Waals surface area contributed by atoms with E-state index in [1.807, 2.05) is 36.4 Å². The standard InChI is InChI=1S/C22H24ClN3O3S/c23-15-4-5-17-14(10-15)11-22(29-17)6-8-26(9-7-22)12-16(27)13-28-18-2-1-3-19-20(18)25-21(24)30-19/h1-5,10,16,27H,6-9,11-13H2,(H2,24,25)/t16-/m0/s1. The number of aromatic nitrogens is 1. The molecule has 158 valence electrons. The molecule has 1 saturated heterocycles. The Morgan fingerprint density at radius 3 is 2.97 bits per heavy atom. The van der Waals surface area contributed by atoms with Gasteiger partial charge < -0.3 is 25.2 Å². The van der Waals surface area contributed by atoms with E-state index in [2.05, 4.69) is 9.88 Å². The van der Waals surface area contributed by atoms with Gasteiger partial charge in [-0.2, -0.15) is 0 Å². The Morgan fingerprint density at radius 1 is 1.30 bits per heavy atom. The molecule has 1 aromatic heterocycles. The molecule has 30 heavy (non-hydrogen) atoms. The number of aliphatic hydroxyl groups is 1. The lowest BCUT2D eigenvalue weighted by molar-refractivity contribution is -0.00187. The molecule has 0 saturated carbocycles. The number of halogens is 1. The van der Waals surface area contributed by atoms with Crippen LogP contribution in [0.2, 0.25) is 5.02 Å². The van der Waals surface area contributed by atoms with Crippen LogP contribution in [0.25, 0.3) is 10.2 Å². The maximum atomic E-state index is 10.5. The zero-order chi connectivity index (χ0) is 20.7. The summed E-state index contributed by atoms with van der Waals surface area (Å²) in [4.78, 5) is 6.60. The lowest BCUT2D eigenvalue weighted by atomic mass is 9.87. The largest absolute Gasteiger partial charge is 0.489 e. The number of anilines is 1. The summed E-state index contributed by atoms with van der Waals surface area (Å²) in [6, 6.07) is 11.6. The highest BCUT2D eigenvalue weighted by molar-refractivity contribution is 7.22. The summed E-state index contributed by atoms with van der Waals surface area (Å²) in [6.45, 7) is 2.57. The van der Waals surface area contributed by atoms with E-state index in [-0.39, 0.29) is 12.2 Å². The smallest absolute Gasteiger partial charge is 0.181 e. The summed E-state index contributed by atoms with van der Waals surface area (Å²) >= 11 is 7.56. The van der Waals surface area contributed by atoms with Gasteiger partial charge in [-0.3, -0.25) is 0 Å². The van der Waals surface area contributed by atoms with Crippen molar-refractivity contribution in [1.29, 1.82) is 0 Å². The van der Waals surface area contributed by atoms with Gasteiger partial charge in [-0.15, -0.1) is 0 Å². The van der Waals surface area contributed by atoms with Crippen molar-refractivity contribution in [3.8, 4) is 11.5 Å². The van der Waals surface area contributed by atoms with Crippen molar-refractivity contribution in [2.45, 2.75) is 31.0 Å². The SMILES string of the molecule is Nc1nc2c(OC[C@@H](O)CN3CCC4(CC3)Cc3cc(Cl)ccc3O4)cccc2s1. The maximum absolute atomic E-state index is 10.5.